The summed E-state index contributed by atoms with van der Waals surface area (Å²) in [6, 6.07) is 19.6. The average molecular weight is 393 g/mol. The van der Waals surface area contributed by atoms with Gasteiger partial charge in [0.25, 0.3) is 5.91 Å². The number of carbonyl (C=O) groups is 1. The Hall–Kier alpha value is -2.92. The van der Waals surface area contributed by atoms with Gasteiger partial charge in [0.15, 0.2) is 5.69 Å². The molecule has 2 aromatic carbocycles. The fourth-order valence-corrected chi connectivity index (χ4v) is 3.61. The molecule has 2 heterocycles. The van der Waals surface area contributed by atoms with Crippen LogP contribution < -0.4 is 5.32 Å². The molecule has 0 aliphatic carbocycles. The van der Waals surface area contributed by atoms with E-state index in [9.17, 15) is 4.79 Å². The lowest BCUT2D eigenvalue weighted by Crippen LogP contribution is -2.36. The van der Waals surface area contributed by atoms with Crippen LogP contribution in [-0.4, -0.2) is 34.1 Å². The lowest BCUT2D eigenvalue weighted by molar-refractivity contribution is 0.0727. The van der Waals surface area contributed by atoms with Crippen LogP contribution in [0.5, 0.6) is 0 Å². The van der Waals surface area contributed by atoms with Crippen molar-refractivity contribution in [3.63, 3.8) is 0 Å². The number of nitrogens with one attached hydrogen (secondary N) is 1. The van der Waals surface area contributed by atoms with Gasteiger partial charge in [-0.3, -0.25) is 4.79 Å². The van der Waals surface area contributed by atoms with Crippen LogP contribution >= 0.6 is 11.6 Å². The fourth-order valence-electron chi connectivity index (χ4n) is 3.40. The Morgan fingerprint density at radius 1 is 1.04 bits per heavy atom. The van der Waals surface area contributed by atoms with Crippen LogP contribution in [0.25, 0.3) is 0 Å². The molecule has 0 bridgehead atoms. The third kappa shape index (κ3) is 4.31. The van der Waals surface area contributed by atoms with Gasteiger partial charge in [0.2, 0.25) is 0 Å². The Kier molecular flexibility index (Phi) is 5.53. The lowest BCUT2D eigenvalue weighted by Gasteiger charge is -2.28. The number of hydrogen-bond acceptors (Lipinski definition) is 4. The van der Waals surface area contributed by atoms with Crippen molar-refractivity contribution in [3.05, 3.63) is 88.1 Å². The second-order valence-electron chi connectivity index (χ2n) is 6.86. The van der Waals surface area contributed by atoms with Gasteiger partial charge < -0.3 is 10.2 Å². The molecule has 6 heteroatoms. The zero-order chi connectivity index (χ0) is 19.3. The monoisotopic (exact) mass is 392 g/mol. The van der Waals surface area contributed by atoms with Crippen LogP contribution in [0.2, 0.25) is 5.02 Å². The number of benzene rings is 2. The number of anilines is 1. The summed E-state index contributed by atoms with van der Waals surface area (Å²) in [5.41, 5.74) is 4.05. The third-order valence-electron chi connectivity index (χ3n) is 4.91. The highest BCUT2D eigenvalue weighted by atomic mass is 35.5. The van der Waals surface area contributed by atoms with E-state index in [1.54, 1.807) is 12.1 Å². The first-order valence-electron chi connectivity index (χ1n) is 9.37. The van der Waals surface area contributed by atoms with E-state index in [2.05, 4.69) is 27.6 Å². The second-order valence-corrected chi connectivity index (χ2v) is 7.29. The van der Waals surface area contributed by atoms with E-state index in [1.807, 2.05) is 41.3 Å². The molecule has 0 saturated carbocycles. The smallest absolute Gasteiger partial charge is 0.274 e. The molecule has 0 radical (unpaired) electrons. The molecule has 1 N–H and O–H groups in total. The molecule has 1 amide bonds. The van der Waals surface area contributed by atoms with E-state index in [0.717, 1.165) is 23.4 Å². The molecule has 142 valence electrons. The zero-order valence-corrected chi connectivity index (χ0v) is 16.2. The minimum atomic E-state index is -0.0764. The van der Waals surface area contributed by atoms with Crippen LogP contribution in [0.15, 0.2) is 60.7 Å². The fraction of sp³-hybridized carbons (Fsp3) is 0.227. The van der Waals surface area contributed by atoms with Crippen molar-refractivity contribution >= 4 is 23.3 Å². The van der Waals surface area contributed by atoms with Crippen molar-refractivity contribution in [1.82, 2.24) is 15.1 Å². The van der Waals surface area contributed by atoms with Gasteiger partial charge in [-0.15, -0.1) is 10.2 Å². The third-order valence-corrected chi connectivity index (χ3v) is 5.15. The van der Waals surface area contributed by atoms with Crippen molar-refractivity contribution in [2.45, 2.75) is 19.4 Å². The van der Waals surface area contributed by atoms with Crippen LogP contribution in [0.1, 0.15) is 27.2 Å². The van der Waals surface area contributed by atoms with Crippen molar-refractivity contribution in [2.75, 3.05) is 18.4 Å². The number of aromatic nitrogens is 2. The largest absolute Gasteiger partial charge is 0.368 e. The molecule has 1 aliphatic rings. The number of nitrogens with zero attached hydrogens (tertiary/aromatic N) is 3. The van der Waals surface area contributed by atoms with E-state index in [4.69, 9.17) is 11.6 Å². The zero-order valence-electron chi connectivity index (χ0n) is 15.4. The summed E-state index contributed by atoms with van der Waals surface area (Å²) in [5, 5.41) is 12.2. The molecule has 1 aliphatic heterocycles. The molecular formula is C22H21ClN4O. The normalized spacial score (nSPS) is 13.1. The van der Waals surface area contributed by atoms with E-state index in [-0.39, 0.29) is 5.91 Å². The van der Waals surface area contributed by atoms with Crippen molar-refractivity contribution in [3.8, 4) is 0 Å². The van der Waals surface area contributed by atoms with E-state index < -0.39 is 0 Å². The van der Waals surface area contributed by atoms with Gasteiger partial charge in [0.1, 0.15) is 5.82 Å². The van der Waals surface area contributed by atoms with Gasteiger partial charge in [-0.2, -0.15) is 0 Å². The topological polar surface area (TPSA) is 58.1 Å². The molecule has 4 rings (SSSR count). The van der Waals surface area contributed by atoms with Crippen LogP contribution in [-0.2, 0) is 19.4 Å². The van der Waals surface area contributed by atoms with Gasteiger partial charge in [-0.25, -0.2) is 0 Å². The van der Waals surface area contributed by atoms with Crippen molar-refractivity contribution in [1.29, 1.82) is 0 Å². The predicted octanol–water partition coefficient (Wildman–Crippen LogP) is 3.98. The summed E-state index contributed by atoms with van der Waals surface area (Å²) in [7, 11) is 0. The highest BCUT2D eigenvalue weighted by molar-refractivity contribution is 6.30. The molecule has 0 saturated heterocycles. The number of fused-ring (bicyclic) bond motifs is 1. The standard InChI is InChI=1S/C22H21ClN4O/c23-19-7-3-4-16(14-19)10-12-24-21-9-8-20(25-26-21)22(28)27-13-11-17-5-1-2-6-18(17)15-27/h1-9,14H,10-13,15H2,(H,24,26). The first-order valence-corrected chi connectivity index (χ1v) is 9.75. The highest BCUT2D eigenvalue weighted by Crippen LogP contribution is 2.20. The summed E-state index contributed by atoms with van der Waals surface area (Å²) in [6.45, 7) is 2.04. The van der Waals surface area contributed by atoms with Gasteiger partial charge in [-0.05, 0) is 53.8 Å². The predicted molar refractivity (Wildman–Crippen MR) is 111 cm³/mol. The minimum Gasteiger partial charge on any atom is -0.368 e. The highest BCUT2D eigenvalue weighted by Gasteiger charge is 2.22. The minimum absolute atomic E-state index is 0.0764. The van der Waals surface area contributed by atoms with Crippen molar-refractivity contribution < 1.29 is 4.79 Å². The van der Waals surface area contributed by atoms with Gasteiger partial charge in [-0.1, -0.05) is 48.0 Å². The maximum atomic E-state index is 12.7. The number of carbonyl (C=O) groups excluding carboxylic acids is 1. The quantitative estimate of drug-likeness (QED) is 0.713. The SMILES string of the molecule is O=C(c1ccc(NCCc2cccc(Cl)c2)nn1)N1CCc2ccccc2C1. The summed E-state index contributed by atoms with van der Waals surface area (Å²) in [4.78, 5) is 14.6. The van der Waals surface area contributed by atoms with Crippen LogP contribution in [0.4, 0.5) is 5.82 Å². The number of hydrogen-bond donors (Lipinski definition) is 1. The molecule has 1 aromatic heterocycles. The Morgan fingerprint density at radius 2 is 1.89 bits per heavy atom. The summed E-state index contributed by atoms with van der Waals surface area (Å²) < 4.78 is 0. The maximum Gasteiger partial charge on any atom is 0.274 e. The van der Waals surface area contributed by atoms with E-state index in [0.29, 0.717) is 31.1 Å². The first-order chi connectivity index (χ1) is 13.7. The lowest BCUT2D eigenvalue weighted by atomic mass is 10.00. The molecule has 5 nitrogen and oxygen atoms in total. The first kappa shape index (κ1) is 18.4. The second kappa shape index (κ2) is 8.40. The number of amides is 1. The molecule has 0 spiro atoms. The van der Waals surface area contributed by atoms with Crippen LogP contribution in [0, 0.1) is 0 Å². The average Bonchev–Trinajstić information content (AvgIpc) is 2.73. The van der Waals surface area contributed by atoms with Gasteiger partial charge in [0, 0.05) is 24.7 Å². The molecule has 3 aromatic rings. The van der Waals surface area contributed by atoms with E-state index in [1.165, 1.54) is 11.1 Å². The molecule has 28 heavy (non-hydrogen) atoms. The summed E-state index contributed by atoms with van der Waals surface area (Å²) in [6.07, 6.45) is 1.70. The Balaban J connectivity index is 1.33. The van der Waals surface area contributed by atoms with Gasteiger partial charge >= 0.3 is 0 Å². The summed E-state index contributed by atoms with van der Waals surface area (Å²) >= 11 is 6.00. The maximum absolute atomic E-state index is 12.7. The number of halogens is 1. The van der Waals surface area contributed by atoms with E-state index >= 15 is 0 Å². The van der Waals surface area contributed by atoms with Gasteiger partial charge in [0.05, 0.1) is 0 Å². The molecule has 0 fully saturated rings. The molecule has 0 atom stereocenters. The Bertz CT molecular complexity index is 974. The summed E-state index contributed by atoms with van der Waals surface area (Å²) in [5.74, 6) is 0.579. The molecule has 0 unspecified atom stereocenters. The number of rotatable bonds is 5. The molecular weight excluding hydrogens is 372 g/mol. The van der Waals surface area contributed by atoms with Crippen LogP contribution in [0.3, 0.4) is 0 Å². The Morgan fingerprint density at radius 3 is 2.68 bits per heavy atom. The Labute approximate surface area is 169 Å². The van der Waals surface area contributed by atoms with Crippen molar-refractivity contribution in [2.24, 2.45) is 0 Å².